The largest absolute Gasteiger partial charge is 0.481 e. The van der Waals surface area contributed by atoms with Gasteiger partial charge in [-0.05, 0) is 19.8 Å². The number of rotatable bonds is 3. The summed E-state index contributed by atoms with van der Waals surface area (Å²) in [4.78, 5) is 9.54. The van der Waals surface area contributed by atoms with Gasteiger partial charge in [0, 0.05) is 11.8 Å². The van der Waals surface area contributed by atoms with Crippen LogP contribution in [0.2, 0.25) is 0 Å². The van der Waals surface area contributed by atoms with Gasteiger partial charge in [-0.2, -0.15) is 0 Å². The molecule has 2 N–H and O–H groups in total. The van der Waals surface area contributed by atoms with Crippen molar-refractivity contribution in [3.8, 4) is 0 Å². The van der Waals surface area contributed by atoms with Crippen LogP contribution in [0.5, 0.6) is 0 Å². The smallest absolute Gasteiger partial charge is 0.300 e. The summed E-state index contributed by atoms with van der Waals surface area (Å²) in [7, 11) is 0. The number of hydrogen-bond donors (Lipinski definition) is 2. The van der Waals surface area contributed by atoms with Crippen LogP contribution in [0.1, 0.15) is 33.6 Å². The van der Waals surface area contributed by atoms with Gasteiger partial charge in [0.05, 0.1) is 6.10 Å². The molecule has 0 radical (unpaired) electrons. The molecule has 0 rings (SSSR count). The van der Waals surface area contributed by atoms with Crippen LogP contribution in [0.4, 0.5) is 0 Å². The molecule has 0 amide bonds. The molecule has 0 saturated heterocycles. The van der Waals surface area contributed by atoms with Gasteiger partial charge in [-0.1, -0.05) is 22.9 Å². The summed E-state index contributed by atoms with van der Waals surface area (Å²) in [5.74, 6) is -0.833. The molecule has 4 heteroatoms. The lowest BCUT2D eigenvalue weighted by Crippen LogP contribution is -2.02. The number of halogens is 1. The summed E-state index contributed by atoms with van der Waals surface area (Å²) < 4.78 is 0. The van der Waals surface area contributed by atoms with E-state index in [1.54, 1.807) is 0 Å². The molecule has 74 valence electrons. The van der Waals surface area contributed by atoms with Crippen LogP contribution in [0.3, 0.4) is 0 Å². The van der Waals surface area contributed by atoms with E-state index in [1.165, 1.54) is 0 Å². The van der Waals surface area contributed by atoms with Crippen molar-refractivity contribution in [2.24, 2.45) is 0 Å². The van der Waals surface area contributed by atoms with Crippen LogP contribution in [0, 0.1) is 0 Å². The second kappa shape index (κ2) is 9.00. The summed E-state index contributed by atoms with van der Waals surface area (Å²) in [5.41, 5.74) is 0. The molecule has 12 heavy (non-hydrogen) atoms. The fourth-order valence-electron chi connectivity index (χ4n) is 0.471. The van der Waals surface area contributed by atoms with Crippen LogP contribution in [0.25, 0.3) is 0 Å². The lowest BCUT2D eigenvalue weighted by Gasteiger charge is -2.03. The average Bonchev–Trinajstić information content (AvgIpc) is 1.82. The molecule has 0 fully saturated rings. The first-order valence-corrected chi connectivity index (χ1v) is 4.79. The topological polar surface area (TPSA) is 57.5 Å². The zero-order valence-electron chi connectivity index (χ0n) is 7.75. The van der Waals surface area contributed by atoms with Gasteiger partial charge in [-0.15, -0.1) is 0 Å². The number of aliphatic carboxylic acids is 1. The fourth-order valence-corrected chi connectivity index (χ4v) is 0.735. The van der Waals surface area contributed by atoms with Gasteiger partial charge in [0.2, 0.25) is 0 Å². The van der Waals surface area contributed by atoms with Gasteiger partial charge in [-0.3, -0.25) is 4.79 Å². The number of aliphatic hydroxyl groups excluding tert-OH is 1. The summed E-state index contributed by atoms with van der Waals surface area (Å²) in [6.45, 7) is 4.98. The minimum absolute atomic E-state index is 0.144. The average molecular weight is 241 g/mol. The third-order valence-electron chi connectivity index (χ3n) is 0.982. The SMILES string of the molecule is CC(=O)O.CC(O)CCC(C)Br. The third-order valence-corrected chi connectivity index (χ3v) is 1.44. The first kappa shape index (κ1) is 14.4. The summed E-state index contributed by atoms with van der Waals surface area (Å²) >= 11 is 3.39. The molecule has 0 aromatic carbocycles. The minimum atomic E-state index is -0.833. The van der Waals surface area contributed by atoms with E-state index in [4.69, 9.17) is 15.0 Å². The summed E-state index contributed by atoms with van der Waals surface area (Å²) in [6, 6.07) is 0. The molecule has 0 aliphatic rings. The first-order valence-electron chi connectivity index (χ1n) is 3.88. The molecule has 0 aliphatic carbocycles. The number of alkyl halides is 1. The van der Waals surface area contributed by atoms with Gasteiger partial charge in [0.25, 0.3) is 5.97 Å². The van der Waals surface area contributed by atoms with Crippen molar-refractivity contribution in [2.45, 2.75) is 44.5 Å². The van der Waals surface area contributed by atoms with Crippen LogP contribution >= 0.6 is 15.9 Å². The number of hydrogen-bond acceptors (Lipinski definition) is 2. The lowest BCUT2D eigenvalue weighted by molar-refractivity contribution is -0.134. The Morgan fingerprint density at radius 3 is 1.83 bits per heavy atom. The van der Waals surface area contributed by atoms with Crippen LogP contribution in [-0.2, 0) is 4.79 Å². The maximum Gasteiger partial charge on any atom is 0.300 e. The molecule has 0 spiro atoms. The first-order chi connectivity index (χ1) is 5.36. The highest BCUT2D eigenvalue weighted by atomic mass is 79.9. The molecule has 0 aliphatic heterocycles. The van der Waals surface area contributed by atoms with E-state index in [2.05, 4.69) is 22.9 Å². The zero-order chi connectivity index (χ0) is 10.1. The maximum atomic E-state index is 9.00. The van der Waals surface area contributed by atoms with Crippen molar-refractivity contribution in [1.29, 1.82) is 0 Å². The Kier molecular flexibility index (Phi) is 10.8. The Hall–Kier alpha value is -0.0900. The number of carbonyl (C=O) groups is 1. The molecular formula is C8H17BrO3. The normalized spacial score (nSPS) is 14.1. The molecule has 0 aromatic heterocycles. The zero-order valence-corrected chi connectivity index (χ0v) is 9.34. The highest BCUT2D eigenvalue weighted by Crippen LogP contribution is 2.07. The van der Waals surface area contributed by atoms with Gasteiger partial charge in [0.15, 0.2) is 0 Å². The second-order valence-corrected chi connectivity index (χ2v) is 4.29. The molecular weight excluding hydrogens is 224 g/mol. The molecule has 2 atom stereocenters. The van der Waals surface area contributed by atoms with Crippen molar-refractivity contribution >= 4 is 21.9 Å². The summed E-state index contributed by atoms with van der Waals surface area (Å²) in [6.07, 6.45) is 1.80. The lowest BCUT2D eigenvalue weighted by atomic mass is 10.2. The van der Waals surface area contributed by atoms with E-state index in [9.17, 15) is 0 Å². The Morgan fingerprint density at radius 2 is 1.75 bits per heavy atom. The Balaban J connectivity index is 0. The van der Waals surface area contributed by atoms with E-state index >= 15 is 0 Å². The maximum absolute atomic E-state index is 9.00. The fraction of sp³-hybridized carbons (Fsp3) is 0.875. The predicted octanol–water partition coefficient (Wildman–Crippen LogP) is 2.02. The van der Waals surface area contributed by atoms with Crippen molar-refractivity contribution < 1.29 is 15.0 Å². The predicted molar refractivity (Wildman–Crippen MR) is 52.6 cm³/mol. The summed E-state index contributed by atoms with van der Waals surface area (Å²) in [5, 5.41) is 16.2. The van der Waals surface area contributed by atoms with Crippen LogP contribution in [0.15, 0.2) is 0 Å². The monoisotopic (exact) mass is 240 g/mol. The molecule has 0 aromatic rings. The highest BCUT2D eigenvalue weighted by Gasteiger charge is 1.98. The number of aliphatic hydroxyl groups is 1. The molecule has 0 heterocycles. The van der Waals surface area contributed by atoms with E-state index < -0.39 is 5.97 Å². The van der Waals surface area contributed by atoms with E-state index in [0.717, 1.165) is 19.8 Å². The third kappa shape index (κ3) is 32.6. The van der Waals surface area contributed by atoms with Gasteiger partial charge in [0.1, 0.15) is 0 Å². The van der Waals surface area contributed by atoms with Crippen molar-refractivity contribution in [3.63, 3.8) is 0 Å². The van der Waals surface area contributed by atoms with Gasteiger partial charge >= 0.3 is 0 Å². The Bertz CT molecular complexity index is 101. The van der Waals surface area contributed by atoms with E-state index in [-0.39, 0.29) is 6.10 Å². The van der Waals surface area contributed by atoms with Crippen molar-refractivity contribution in [2.75, 3.05) is 0 Å². The van der Waals surface area contributed by atoms with E-state index in [0.29, 0.717) is 4.83 Å². The standard InChI is InChI=1S/C6H13BrO.C2H4O2/c1-5(7)3-4-6(2)8;1-2(3)4/h5-6,8H,3-4H2,1-2H3;1H3,(H,3,4). The molecule has 3 nitrogen and oxygen atoms in total. The van der Waals surface area contributed by atoms with Crippen LogP contribution in [-0.4, -0.2) is 27.1 Å². The van der Waals surface area contributed by atoms with E-state index in [1.807, 2.05) is 6.92 Å². The van der Waals surface area contributed by atoms with Gasteiger partial charge in [-0.25, -0.2) is 0 Å². The van der Waals surface area contributed by atoms with Crippen molar-refractivity contribution in [1.82, 2.24) is 0 Å². The van der Waals surface area contributed by atoms with Crippen molar-refractivity contribution in [3.05, 3.63) is 0 Å². The second-order valence-electron chi connectivity index (χ2n) is 2.73. The molecule has 0 bridgehead atoms. The number of carboxylic acid groups (broad SMARTS) is 1. The molecule has 2 unspecified atom stereocenters. The number of carboxylic acids is 1. The Morgan fingerprint density at radius 1 is 1.42 bits per heavy atom. The molecule has 0 saturated carbocycles. The Labute approximate surface area is 81.9 Å². The van der Waals surface area contributed by atoms with Crippen LogP contribution < -0.4 is 0 Å². The highest BCUT2D eigenvalue weighted by molar-refractivity contribution is 9.09. The quantitative estimate of drug-likeness (QED) is 0.743. The minimum Gasteiger partial charge on any atom is -0.481 e. The van der Waals surface area contributed by atoms with Gasteiger partial charge < -0.3 is 10.2 Å².